The molecule has 0 heterocycles. The van der Waals surface area contributed by atoms with Gasteiger partial charge < -0.3 is 5.32 Å². The van der Waals surface area contributed by atoms with E-state index in [2.05, 4.69) is 38.2 Å². The van der Waals surface area contributed by atoms with E-state index in [4.69, 9.17) is 11.6 Å². The number of nitrogens with one attached hydrogen (secondary N) is 1. The number of benzene rings is 1. The van der Waals surface area contributed by atoms with Crippen LogP contribution in [-0.2, 0) is 0 Å². The fourth-order valence-electron chi connectivity index (χ4n) is 2.36. The highest BCUT2D eigenvalue weighted by Crippen LogP contribution is 2.34. The van der Waals surface area contributed by atoms with Crippen LogP contribution in [-0.4, -0.2) is 6.04 Å². The summed E-state index contributed by atoms with van der Waals surface area (Å²) in [5.74, 6) is 1.49. The average Bonchev–Trinajstić information content (AvgIpc) is 3.10. The zero-order valence-electron chi connectivity index (χ0n) is 10.9. The molecule has 2 unspecified atom stereocenters. The van der Waals surface area contributed by atoms with Crippen molar-refractivity contribution in [1.82, 2.24) is 5.32 Å². The van der Waals surface area contributed by atoms with Gasteiger partial charge in [-0.15, -0.1) is 0 Å². The molecule has 1 N–H and O–H groups in total. The smallest absolute Gasteiger partial charge is 0.0406 e. The second-order valence-electron chi connectivity index (χ2n) is 5.57. The Morgan fingerprint density at radius 2 is 1.71 bits per heavy atom. The SMILES string of the molecule is CC(C)C(NC(C)C1CC1)c1ccc(Cl)cc1. The van der Waals surface area contributed by atoms with Crippen molar-refractivity contribution in [3.63, 3.8) is 0 Å². The number of hydrogen-bond donors (Lipinski definition) is 1. The molecule has 0 aromatic heterocycles. The standard InChI is InChI=1S/C15H22ClN/c1-10(2)15(17-11(3)12-4-5-12)13-6-8-14(16)9-7-13/h6-12,15,17H,4-5H2,1-3H3. The average molecular weight is 252 g/mol. The summed E-state index contributed by atoms with van der Waals surface area (Å²) >= 11 is 5.94. The molecule has 17 heavy (non-hydrogen) atoms. The van der Waals surface area contributed by atoms with Gasteiger partial charge in [-0.05, 0) is 49.3 Å². The molecule has 2 heteroatoms. The Labute approximate surface area is 110 Å². The molecule has 0 bridgehead atoms. The lowest BCUT2D eigenvalue weighted by atomic mass is 9.95. The summed E-state index contributed by atoms with van der Waals surface area (Å²) in [6, 6.07) is 9.30. The maximum atomic E-state index is 5.94. The molecule has 0 saturated heterocycles. The van der Waals surface area contributed by atoms with Crippen LogP contribution in [0.2, 0.25) is 5.02 Å². The zero-order chi connectivity index (χ0) is 12.4. The van der Waals surface area contributed by atoms with E-state index in [1.807, 2.05) is 12.1 Å². The van der Waals surface area contributed by atoms with Crippen LogP contribution in [0.5, 0.6) is 0 Å². The molecule has 94 valence electrons. The van der Waals surface area contributed by atoms with Crippen LogP contribution in [0.1, 0.15) is 45.2 Å². The van der Waals surface area contributed by atoms with Gasteiger partial charge in [0.1, 0.15) is 0 Å². The van der Waals surface area contributed by atoms with Crippen LogP contribution in [0.15, 0.2) is 24.3 Å². The van der Waals surface area contributed by atoms with E-state index in [9.17, 15) is 0 Å². The first-order chi connectivity index (χ1) is 8.08. The van der Waals surface area contributed by atoms with Gasteiger partial charge in [0.2, 0.25) is 0 Å². The molecule has 1 fully saturated rings. The predicted molar refractivity (Wildman–Crippen MR) is 74.4 cm³/mol. The summed E-state index contributed by atoms with van der Waals surface area (Å²) in [5.41, 5.74) is 1.34. The van der Waals surface area contributed by atoms with Gasteiger partial charge in [0.05, 0.1) is 0 Å². The molecule has 1 aliphatic carbocycles. The van der Waals surface area contributed by atoms with Gasteiger partial charge in [-0.3, -0.25) is 0 Å². The highest BCUT2D eigenvalue weighted by Gasteiger charge is 2.30. The lowest BCUT2D eigenvalue weighted by Crippen LogP contribution is -2.34. The van der Waals surface area contributed by atoms with Gasteiger partial charge >= 0.3 is 0 Å². The summed E-state index contributed by atoms with van der Waals surface area (Å²) in [7, 11) is 0. The molecule has 2 atom stereocenters. The molecular formula is C15H22ClN. The number of halogens is 1. The molecule has 1 nitrogen and oxygen atoms in total. The van der Waals surface area contributed by atoms with Gasteiger partial charge in [0.25, 0.3) is 0 Å². The minimum atomic E-state index is 0.433. The minimum absolute atomic E-state index is 0.433. The molecule has 0 radical (unpaired) electrons. The van der Waals surface area contributed by atoms with Crippen molar-refractivity contribution < 1.29 is 0 Å². The summed E-state index contributed by atoms with van der Waals surface area (Å²) in [5, 5.41) is 4.58. The maximum absolute atomic E-state index is 5.94. The fourth-order valence-corrected chi connectivity index (χ4v) is 2.49. The quantitative estimate of drug-likeness (QED) is 0.817. The van der Waals surface area contributed by atoms with Crippen molar-refractivity contribution in [3.05, 3.63) is 34.9 Å². The molecule has 1 aliphatic rings. The third-order valence-electron chi connectivity index (χ3n) is 3.67. The lowest BCUT2D eigenvalue weighted by molar-refractivity contribution is 0.351. The van der Waals surface area contributed by atoms with E-state index in [0.717, 1.165) is 10.9 Å². The highest BCUT2D eigenvalue weighted by molar-refractivity contribution is 6.30. The van der Waals surface area contributed by atoms with Crippen molar-refractivity contribution in [3.8, 4) is 0 Å². The first-order valence-electron chi connectivity index (χ1n) is 6.59. The fraction of sp³-hybridized carbons (Fsp3) is 0.600. The topological polar surface area (TPSA) is 12.0 Å². The second kappa shape index (κ2) is 5.41. The lowest BCUT2D eigenvalue weighted by Gasteiger charge is -2.27. The third-order valence-corrected chi connectivity index (χ3v) is 3.92. The van der Waals surface area contributed by atoms with E-state index in [1.165, 1.54) is 18.4 Å². The Hall–Kier alpha value is -0.530. The van der Waals surface area contributed by atoms with Crippen LogP contribution >= 0.6 is 11.6 Å². The van der Waals surface area contributed by atoms with E-state index in [-0.39, 0.29) is 0 Å². The van der Waals surface area contributed by atoms with Crippen molar-refractivity contribution in [2.45, 2.75) is 45.7 Å². The Kier molecular flexibility index (Phi) is 4.11. The van der Waals surface area contributed by atoms with Gasteiger partial charge in [-0.2, -0.15) is 0 Å². The summed E-state index contributed by atoms with van der Waals surface area (Å²) in [6.45, 7) is 6.85. The molecule has 0 amide bonds. The maximum Gasteiger partial charge on any atom is 0.0406 e. The van der Waals surface area contributed by atoms with Gasteiger partial charge in [0, 0.05) is 17.1 Å². The van der Waals surface area contributed by atoms with Crippen molar-refractivity contribution in [1.29, 1.82) is 0 Å². The molecule has 2 rings (SSSR count). The Balaban J connectivity index is 2.07. The monoisotopic (exact) mass is 251 g/mol. The molecule has 1 aromatic carbocycles. The molecule has 1 saturated carbocycles. The van der Waals surface area contributed by atoms with Crippen LogP contribution in [0, 0.1) is 11.8 Å². The summed E-state index contributed by atoms with van der Waals surface area (Å²) in [6.07, 6.45) is 2.78. The van der Waals surface area contributed by atoms with E-state index in [1.54, 1.807) is 0 Å². The van der Waals surface area contributed by atoms with Crippen molar-refractivity contribution in [2.24, 2.45) is 11.8 Å². The Morgan fingerprint density at radius 1 is 1.12 bits per heavy atom. The number of hydrogen-bond acceptors (Lipinski definition) is 1. The van der Waals surface area contributed by atoms with E-state index in [0.29, 0.717) is 18.0 Å². The predicted octanol–water partition coefficient (Wildman–Crippen LogP) is 4.43. The van der Waals surface area contributed by atoms with Crippen molar-refractivity contribution >= 4 is 11.6 Å². The van der Waals surface area contributed by atoms with E-state index < -0.39 is 0 Å². The highest BCUT2D eigenvalue weighted by atomic mass is 35.5. The second-order valence-corrected chi connectivity index (χ2v) is 6.00. The van der Waals surface area contributed by atoms with Crippen molar-refractivity contribution in [2.75, 3.05) is 0 Å². The third kappa shape index (κ3) is 3.46. The van der Waals surface area contributed by atoms with E-state index >= 15 is 0 Å². The van der Waals surface area contributed by atoms with Gasteiger partial charge in [0.15, 0.2) is 0 Å². The molecule has 0 spiro atoms. The Bertz CT molecular complexity index is 354. The largest absolute Gasteiger partial charge is 0.307 e. The minimum Gasteiger partial charge on any atom is -0.307 e. The normalized spacial score (nSPS) is 19.4. The summed E-state index contributed by atoms with van der Waals surface area (Å²) < 4.78 is 0. The Morgan fingerprint density at radius 3 is 2.18 bits per heavy atom. The molecular weight excluding hydrogens is 230 g/mol. The zero-order valence-corrected chi connectivity index (χ0v) is 11.7. The molecule has 1 aromatic rings. The number of rotatable bonds is 5. The first kappa shape index (κ1) is 12.9. The van der Waals surface area contributed by atoms with Crippen LogP contribution in [0.3, 0.4) is 0 Å². The molecule has 0 aliphatic heterocycles. The summed E-state index contributed by atoms with van der Waals surface area (Å²) in [4.78, 5) is 0. The van der Waals surface area contributed by atoms with Crippen LogP contribution in [0.4, 0.5) is 0 Å². The van der Waals surface area contributed by atoms with Gasteiger partial charge in [-0.1, -0.05) is 37.6 Å². The van der Waals surface area contributed by atoms with Gasteiger partial charge in [-0.25, -0.2) is 0 Å². The van der Waals surface area contributed by atoms with Crippen LogP contribution < -0.4 is 5.32 Å². The first-order valence-corrected chi connectivity index (χ1v) is 6.97. The van der Waals surface area contributed by atoms with Crippen LogP contribution in [0.25, 0.3) is 0 Å².